The van der Waals surface area contributed by atoms with Crippen LogP contribution in [-0.2, 0) is 22.7 Å². The van der Waals surface area contributed by atoms with Crippen molar-refractivity contribution in [3.05, 3.63) is 35.4 Å². The van der Waals surface area contributed by atoms with Crippen molar-refractivity contribution in [2.24, 2.45) is 0 Å². The summed E-state index contributed by atoms with van der Waals surface area (Å²) in [5.74, 6) is 0. The summed E-state index contributed by atoms with van der Waals surface area (Å²) in [6, 6.07) is 8.75. The molecule has 2 aliphatic heterocycles. The van der Waals surface area contributed by atoms with Gasteiger partial charge in [-0.25, -0.2) is 0 Å². The predicted molar refractivity (Wildman–Crippen MR) is 125 cm³/mol. The van der Waals surface area contributed by atoms with Crippen LogP contribution in [0, 0.1) is 0 Å². The Morgan fingerprint density at radius 1 is 0.600 bits per heavy atom. The number of benzene rings is 1. The number of rotatable bonds is 6. The van der Waals surface area contributed by atoms with Crippen molar-refractivity contribution >= 4 is 0 Å². The number of ether oxygens (including phenoxy) is 2. The van der Waals surface area contributed by atoms with E-state index < -0.39 is 0 Å². The van der Waals surface area contributed by atoms with Gasteiger partial charge in [0.05, 0.1) is 25.4 Å². The summed E-state index contributed by atoms with van der Waals surface area (Å²) >= 11 is 0. The van der Waals surface area contributed by atoms with Crippen LogP contribution in [0.2, 0.25) is 0 Å². The van der Waals surface area contributed by atoms with Gasteiger partial charge in [0.2, 0.25) is 0 Å². The van der Waals surface area contributed by atoms with Gasteiger partial charge in [-0.15, -0.1) is 0 Å². The van der Waals surface area contributed by atoms with Gasteiger partial charge in [0, 0.05) is 22.2 Å². The number of piperidine rings is 2. The molecular formula is C26H44N2O2. The highest BCUT2D eigenvalue weighted by atomic mass is 16.5. The molecule has 2 saturated heterocycles. The molecule has 4 heteroatoms. The average Bonchev–Trinajstić information content (AvgIpc) is 2.53. The zero-order valence-corrected chi connectivity index (χ0v) is 20.5. The normalized spacial score (nSPS) is 25.9. The molecule has 0 unspecified atom stereocenters. The summed E-state index contributed by atoms with van der Waals surface area (Å²) in [7, 11) is 0. The molecule has 2 aliphatic rings. The van der Waals surface area contributed by atoms with Gasteiger partial charge >= 0.3 is 0 Å². The van der Waals surface area contributed by atoms with Crippen LogP contribution < -0.4 is 10.6 Å². The fourth-order valence-corrected chi connectivity index (χ4v) is 5.85. The SMILES string of the molecule is CC1(C)CC(OCc2ccc(COC3CC(C)(C)NC(C)(C)C3)cc2)CC(C)(C)N1. The molecule has 1 aromatic carbocycles. The first-order valence-corrected chi connectivity index (χ1v) is 11.6. The smallest absolute Gasteiger partial charge is 0.0720 e. The molecule has 4 nitrogen and oxygen atoms in total. The molecule has 2 fully saturated rings. The fourth-order valence-electron chi connectivity index (χ4n) is 5.85. The Labute approximate surface area is 184 Å². The molecule has 0 spiro atoms. The highest BCUT2D eigenvalue weighted by Crippen LogP contribution is 2.32. The highest BCUT2D eigenvalue weighted by Gasteiger charge is 2.39. The number of hydrogen-bond acceptors (Lipinski definition) is 4. The Morgan fingerprint density at radius 3 is 1.13 bits per heavy atom. The summed E-state index contributed by atoms with van der Waals surface area (Å²) < 4.78 is 12.6. The highest BCUT2D eigenvalue weighted by molar-refractivity contribution is 5.21. The molecular weight excluding hydrogens is 372 g/mol. The molecule has 2 N–H and O–H groups in total. The monoisotopic (exact) mass is 416 g/mol. The van der Waals surface area contributed by atoms with Gasteiger partial charge in [0.25, 0.3) is 0 Å². The van der Waals surface area contributed by atoms with E-state index >= 15 is 0 Å². The lowest BCUT2D eigenvalue weighted by atomic mass is 9.81. The molecule has 170 valence electrons. The van der Waals surface area contributed by atoms with Crippen LogP contribution in [0.15, 0.2) is 24.3 Å². The lowest BCUT2D eigenvalue weighted by molar-refractivity contribution is -0.0316. The minimum Gasteiger partial charge on any atom is -0.373 e. The Kier molecular flexibility index (Phi) is 6.75. The van der Waals surface area contributed by atoms with Crippen LogP contribution in [-0.4, -0.2) is 34.4 Å². The molecule has 2 heterocycles. The van der Waals surface area contributed by atoms with Gasteiger partial charge in [-0.05, 0) is 92.2 Å². The summed E-state index contributed by atoms with van der Waals surface area (Å²) in [6.07, 6.45) is 4.78. The first kappa shape index (κ1) is 23.7. The zero-order valence-electron chi connectivity index (χ0n) is 20.5. The van der Waals surface area contributed by atoms with Crippen molar-refractivity contribution in [1.29, 1.82) is 0 Å². The van der Waals surface area contributed by atoms with Crippen molar-refractivity contribution in [2.45, 2.75) is 129 Å². The minimum atomic E-state index is 0.116. The van der Waals surface area contributed by atoms with E-state index in [0.29, 0.717) is 25.4 Å². The number of hydrogen-bond donors (Lipinski definition) is 2. The maximum Gasteiger partial charge on any atom is 0.0720 e. The second-order valence-electron chi connectivity index (χ2n) is 12.3. The second kappa shape index (κ2) is 8.54. The van der Waals surface area contributed by atoms with Crippen molar-refractivity contribution in [1.82, 2.24) is 10.6 Å². The van der Waals surface area contributed by atoms with E-state index in [1.54, 1.807) is 0 Å². The van der Waals surface area contributed by atoms with Crippen molar-refractivity contribution < 1.29 is 9.47 Å². The fraction of sp³-hybridized carbons (Fsp3) is 0.769. The van der Waals surface area contributed by atoms with Gasteiger partial charge in [-0.2, -0.15) is 0 Å². The predicted octanol–water partition coefficient (Wildman–Crippen LogP) is 5.34. The van der Waals surface area contributed by atoms with Crippen LogP contribution in [0.25, 0.3) is 0 Å². The van der Waals surface area contributed by atoms with Crippen LogP contribution in [0.4, 0.5) is 0 Å². The van der Waals surface area contributed by atoms with E-state index in [2.05, 4.69) is 90.3 Å². The lowest BCUT2D eigenvalue weighted by Crippen LogP contribution is -2.59. The Morgan fingerprint density at radius 2 is 0.867 bits per heavy atom. The molecule has 30 heavy (non-hydrogen) atoms. The van der Waals surface area contributed by atoms with Gasteiger partial charge in [-0.3, -0.25) is 0 Å². The topological polar surface area (TPSA) is 42.5 Å². The van der Waals surface area contributed by atoms with E-state index in [0.717, 1.165) is 25.7 Å². The molecule has 3 rings (SSSR count). The molecule has 0 amide bonds. The maximum absolute atomic E-state index is 6.30. The van der Waals surface area contributed by atoms with E-state index in [4.69, 9.17) is 9.47 Å². The average molecular weight is 417 g/mol. The van der Waals surface area contributed by atoms with Crippen LogP contribution in [0.5, 0.6) is 0 Å². The maximum atomic E-state index is 6.30. The Balaban J connectivity index is 1.48. The second-order valence-corrected chi connectivity index (χ2v) is 12.3. The molecule has 0 saturated carbocycles. The van der Waals surface area contributed by atoms with Crippen LogP contribution >= 0.6 is 0 Å². The molecule has 0 atom stereocenters. The summed E-state index contributed by atoms with van der Waals surface area (Å²) in [4.78, 5) is 0. The van der Waals surface area contributed by atoms with E-state index in [9.17, 15) is 0 Å². The van der Waals surface area contributed by atoms with Crippen LogP contribution in [0.3, 0.4) is 0 Å². The van der Waals surface area contributed by atoms with Crippen molar-refractivity contribution in [3.8, 4) is 0 Å². The summed E-state index contributed by atoms with van der Waals surface area (Å²) in [5.41, 5.74) is 2.93. The Hall–Kier alpha value is -0.940. The van der Waals surface area contributed by atoms with Crippen molar-refractivity contribution in [3.63, 3.8) is 0 Å². The molecule has 0 radical (unpaired) electrons. The van der Waals surface area contributed by atoms with Gasteiger partial charge in [-0.1, -0.05) is 24.3 Å². The molecule has 0 bridgehead atoms. The largest absolute Gasteiger partial charge is 0.373 e. The van der Waals surface area contributed by atoms with Gasteiger partial charge in [0.15, 0.2) is 0 Å². The number of nitrogens with one attached hydrogen (secondary N) is 2. The molecule has 0 aromatic heterocycles. The van der Waals surface area contributed by atoms with Crippen molar-refractivity contribution in [2.75, 3.05) is 0 Å². The first-order valence-electron chi connectivity index (χ1n) is 11.6. The quantitative estimate of drug-likeness (QED) is 0.657. The lowest BCUT2D eigenvalue weighted by Gasteiger charge is -2.46. The minimum absolute atomic E-state index is 0.116. The third-order valence-corrected chi connectivity index (χ3v) is 6.30. The summed E-state index contributed by atoms with van der Waals surface area (Å²) in [5, 5.41) is 7.44. The standard InChI is InChI=1S/C26H44N2O2/c1-23(2)13-21(14-24(3,4)27-23)29-17-19-9-11-20(12-10-19)18-30-22-15-25(5,6)28-26(7,8)16-22/h9-12,21-22,27-28H,13-18H2,1-8H3. The van der Waals surface area contributed by atoms with E-state index in [1.165, 1.54) is 11.1 Å². The molecule has 0 aliphatic carbocycles. The van der Waals surface area contributed by atoms with E-state index in [-0.39, 0.29) is 22.2 Å². The summed E-state index contributed by atoms with van der Waals surface area (Å²) in [6.45, 7) is 19.5. The third kappa shape index (κ3) is 7.05. The molecule has 1 aromatic rings. The van der Waals surface area contributed by atoms with Gasteiger partial charge in [0.1, 0.15) is 0 Å². The zero-order chi connectivity index (χ0) is 22.2. The Bertz CT molecular complexity index is 613. The van der Waals surface area contributed by atoms with E-state index in [1.807, 2.05) is 0 Å². The van der Waals surface area contributed by atoms with Crippen LogP contribution in [0.1, 0.15) is 92.2 Å². The third-order valence-electron chi connectivity index (χ3n) is 6.30. The first-order chi connectivity index (χ1) is 13.7. The van der Waals surface area contributed by atoms with Gasteiger partial charge < -0.3 is 20.1 Å².